The number of unbranched alkanes of at least 4 members (excludes halogenated alkanes) is 11. The van der Waals surface area contributed by atoms with Gasteiger partial charge in [-0.3, -0.25) is 4.79 Å². The lowest BCUT2D eigenvalue weighted by Crippen LogP contribution is -2.05. The van der Waals surface area contributed by atoms with Crippen molar-refractivity contribution >= 4 is 5.97 Å². The molecule has 0 aliphatic carbocycles. The van der Waals surface area contributed by atoms with Gasteiger partial charge in [-0.25, -0.2) is 0 Å². The summed E-state index contributed by atoms with van der Waals surface area (Å²) >= 11 is 0. The van der Waals surface area contributed by atoms with Crippen molar-refractivity contribution in [2.75, 3.05) is 6.61 Å². The molecule has 0 bridgehead atoms. The standard InChI is InChI=1S/C21H40O2/c1-4-5-6-7-10-13-16-19-23-21(22)18-15-12-9-8-11-14-17-20(2)3/h2,4-19H2,1,3H3. The molecule has 0 atom stereocenters. The number of ether oxygens (including phenoxy) is 1. The number of carbonyl (C=O) groups is 1. The molecule has 0 saturated carbocycles. The first kappa shape index (κ1) is 22.2. The van der Waals surface area contributed by atoms with Gasteiger partial charge in [-0.2, -0.15) is 0 Å². The van der Waals surface area contributed by atoms with Crippen LogP contribution < -0.4 is 0 Å². The lowest BCUT2D eigenvalue weighted by Gasteiger charge is -2.05. The maximum atomic E-state index is 11.6. The van der Waals surface area contributed by atoms with E-state index >= 15 is 0 Å². The van der Waals surface area contributed by atoms with E-state index in [1.807, 2.05) is 0 Å². The predicted octanol–water partition coefficient (Wildman–Crippen LogP) is 6.98. The van der Waals surface area contributed by atoms with Crippen molar-refractivity contribution in [2.24, 2.45) is 0 Å². The van der Waals surface area contributed by atoms with Crippen molar-refractivity contribution in [3.8, 4) is 0 Å². The molecule has 0 rings (SSSR count). The third-order valence-electron chi connectivity index (χ3n) is 4.25. The van der Waals surface area contributed by atoms with Gasteiger partial charge in [-0.15, -0.1) is 6.58 Å². The lowest BCUT2D eigenvalue weighted by atomic mass is 10.1. The van der Waals surface area contributed by atoms with Crippen LogP contribution in [0, 0.1) is 0 Å². The van der Waals surface area contributed by atoms with Crippen molar-refractivity contribution in [2.45, 2.75) is 110 Å². The summed E-state index contributed by atoms with van der Waals surface area (Å²) in [5.41, 5.74) is 1.29. The summed E-state index contributed by atoms with van der Waals surface area (Å²) in [6.45, 7) is 8.88. The number of hydrogen-bond donors (Lipinski definition) is 0. The Morgan fingerprint density at radius 3 is 1.78 bits per heavy atom. The summed E-state index contributed by atoms with van der Waals surface area (Å²) in [6, 6.07) is 0. The molecule has 0 saturated heterocycles. The first-order chi connectivity index (χ1) is 11.2. The Balaban J connectivity index is 3.17. The average molecular weight is 325 g/mol. The quantitative estimate of drug-likeness (QED) is 0.164. The Bertz CT molecular complexity index is 284. The van der Waals surface area contributed by atoms with E-state index in [-0.39, 0.29) is 5.97 Å². The highest BCUT2D eigenvalue weighted by Gasteiger charge is 2.02. The van der Waals surface area contributed by atoms with Crippen LogP contribution in [0.3, 0.4) is 0 Å². The van der Waals surface area contributed by atoms with Gasteiger partial charge in [0.15, 0.2) is 0 Å². The molecule has 136 valence electrons. The van der Waals surface area contributed by atoms with Gasteiger partial charge in [0.25, 0.3) is 0 Å². The van der Waals surface area contributed by atoms with E-state index in [4.69, 9.17) is 4.74 Å². The number of rotatable bonds is 17. The van der Waals surface area contributed by atoms with Gasteiger partial charge < -0.3 is 4.74 Å². The van der Waals surface area contributed by atoms with Crippen molar-refractivity contribution in [3.05, 3.63) is 12.2 Å². The molecule has 0 unspecified atom stereocenters. The Kier molecular flexibility index (Phi) is 17.0. The highest BCUT2D eigenvalue weighted by molar-refractivity contribution is 5.69. The molecule has 0 N–H and O–H groups in total. The largest absolute Gasteiger partial charge is 0.466 e. The summed E-state index contributed by atoms with van der Waals surface area (Å²) in [5.74, 6) is -0.00161. The smallest absolute Gasteiger partial charge is 0.305 e. The molecule has 0 aromatic heterocycles. The molecule has 23 heavy (non-hydrogen) atoms. The van der Waals surface area contributed by atoms with Crippen LogP contribution in [0.1, 0.15) is 110 Å². The van der Waals surface area contributed by atoms with E-state index in [0.29, 0.717) is 13.0 Å². The van der Waals surface area contributed by atoms with Crippen LogP contribution in [-0.2, 0) is 9.53 Å². The van der Waals surface area contributed by atoms with E-state index in [1.165, 1.54) is 69.8 Å². The zero-order chi connectivity index (χ0) is 17.2. The first-order valence-electron chi connectivity index (χ1n) is 9.96. The minimum Gasteiger partial charge on any atom is -0.466 e. The van der Waals surface area contributed by atoms with E-state index in [0.717, 1.165) is 25.7 Å². The second-order valence-corrected chi connectivity index (χ2v) is 6.92. The van der Waals surface area contributed by atoms with E-state index < -0.39 is 0 Å². The van der Waals surface area contributed by atoms with Gasteiger partial charge in [0, 0.05) is 6.42 Å². The van der Waals surface area contributed by atoms with Gasteiger partial charge in [0.2, 0.25) is 0 Å². The molecule has 0 aromatic carbocycles. The van der Waals surface area contributed by atoms with E-state index in [9.17, 15) is 4.79 Å². The molecule has 0 radical (unpaired) electrons. The summed E-state index contributed by atoms with van der Waals surface area (Å²) in [6.07, 6.45) is 17.8. The van der Waals surface area contributed by atoms with Crippen molar-refractivity contribution in [1.82, 2.24) is 0 Å². The minimum atomic E-state index is -0.00161. The molecule has 0 aliphatic heterocycles. The zero-order valence-electron chi connectivity index (χ0n) is 15.8. The monoisotopic (exact) mass is 324 g/mol. The molecular weight excluding hydrogens is 284 g/mol. The molecule has 2 nitrogen and oxygen atoms in total. The fourth-order valence-electron chi connectivity index (χ4n) is 2.72. The van der Waals surface area contributed by atoms with Gasteiger partial charge in [0.1, 0.15) is 0 Å². The Hall–Kier alpha value is -0.790. The number of esters is 1. The number of allylic oxidation sites excluding steroid dienone is 1. The zero-order valence-corrected chi connectivity index (χ0v) is 15.8. The molecule has 0 aliphatic rings. The maximum absolute atomic E-state index is 11.6. The number of hydrogen-bond acceptors (Lipinski definition) is 2. The molecule has 0 heterocycles. The summed E-state index contributed by atoms with van der Waals surface area (Å²) in [7, 11) is 0. The van der Waals surface area contributed by atoms with Crippen LogP contribution in [0.25, 0.3) is 0 Å². The Labute approximate surface area is 145 Å². The lowest BCUT2D eigenvalue weighted by molar-refractivity contribution is -0.143. The van der Waals surface area contributed by atoms with Crippen LogP contribution in [-0.4, -0.2) is 12.6 Å². The molecular formula is C21H40O2. The topological polar surface area (TPSA) is 26.3 Å². The molecule has 0 fully saturated rings. The van der Waals surface area contributed by atoms with Crippen LogP contribution in [0.2, 0.25) is 0 Å². The highest BCUT2D eigenvalue weighted by Crippen LogP contribution is 2.11. The van der Waals surface area contributed by atoms with Gasteiger partial charge in [0.05, 0.1) is 6.61 Å². The molecule has 0 amide bonds. The molecule has 0 spiro atoms. The van der Waals surface area contributed by atoms with Crippen LogP contribution in [0.15, 0.2) is 12.2 Å². The van der Waals surface area contributed by atoms with Gasteiger partial charge in [-0.05, 0) is 32.6 Å². The molecule has 0 aromatic rings. The fraction of sp³-hybridized carbons (Fsp3) is 0.857. The Morgan fingerprint density at radius 1 is 0.739 bits per heavy atom. The third-order valence-corrected chi connectivity index (χ3v) is 4.25. The maximum Gasteiger partial charge on any atom is 0.305 e. The van der Waals surface area contributed by atoms with Crippen LogP contribution in [0.4, 0.5) is 0 Å². The first-order valence-corrected chi connectivity index (χ1v) is 9.96. The second-order valence-electron chi connectivity index (χ2n) is 6.92. The highest BCUT2D eigenvalue weighted by atomic mass is 16.5. The third kappa shape index (κ3) is 19.2. The SMILES string of the molecule is C=C(C)CCCCCCCCC(=O)OCCCCCCCCC. The van der Waals surface area contributed by atoms with Crippen LogP contribution >= 0.6 is 0 Å². The van der Waals surface area contributed by atoms with Gasteiger partial charge >= 0.3 is 5.97 Å². The minimum absolute atomic E-state index is 0.00161. The second kappa shape index (κ2) is 17.6. The number of carbonyl (C=O) groups excluding carboxylic acids is 1. The van der Waals surface area contributed by atoms with Crippen molar-refractivity contribution in [1.29, 1.82) is 0 Å². The normalized spacial score (nSPS) is 10.7. The summed E-state index contributed by atoms with van der Waals surface area (Å²) in [5, 5.41) is 0. The Morgan fingerprint density at radius 2 is 1.22 bits per heavy atom. The summed E-state index contributed by atoms with van der Waals surface area (Å²) < 4.78 is 5.29. The van der Waals surface area contributed by atoms with E-state index in [1.54, 1.807) is 0 Å². The van der Waals surface area contributed by atoms with Crippen molar-refractivity contribution < 1.29 is 9.53 Å². The van der Waals surface area contributed by atoms with Gasteiger partial charge in [-0.1, -0.05) is 76.7 Å². The average Bonchev–Trinajstić information content (AvgIpc) is 2.52. The molecule has 2 heteroatoms. The van der Waals surface area contributed by atoms with Crippen LogP contribution in [0.5, 0.6) is 0 Å². The van der Waals surface area contributed by atoms with Crippen molar-refractivity contribution in [3.63, 3.8) is 0 Å². The summed E-state index contributed by atoms with van der Waals surface area (Å²) in [4.78, 5) is 11.6. The fourth-order valence-corrected chi connectivity index (χ4v) is 2.72. The van der Waals surface area contributed by atoms with E-state index in [2.05, 4.69) is 20.4 Å². The predicted molar refractivity (Wildman–Crippen MR) is 101 cm³/mol.